The first-order valence-corrected chi connectivity index (χ1v) is 6.36. The maximum Gasteiger partial charge on any atom is 0.321 e. The summed E-state index contributed by atoms with van der Waals surface area (Å²) in [7, 11) is 2.81. The van der Waals surface area contributed by atoms with Gasteiger partial charge in [0.1, 0.15) is 12.1 Å². The second kappa shape index (κ2) is 8.95. The predicted molar refractivity (Wildman–Crippen MR) is 72.6 cm³/mol. The molecule has 10 nitrogen and oxygen atoms in total. The summed E-state index contributed by atoms with van der Waals surface area (Å²) in [5.41, 5.74) is 0. The van der Waals surface area contributed by atoms with E-state index < -0.39 is 48.8 Å². The van der Waals surface area contributed by atoms with Gasteiger partial charge in [-0.1, -0.05) is 0 Å². The third kappa shape index (κ3) is 6.99. The van der Waals surface area contributed by atoms with E-state index in [-0.39, 0.29) is 13.1 Å². The Morgan fingerprint density at radius 2 is 1.00 bits per heavy atom. The van der Waals surface area contributed by atoms with Crippen LogP contribution < -0.4 is 0 Å². The minimum atomic E-state index is -1.30. The molecule has 2 atom stereocenters. The molecular formula is C12H20N2O8. The Kier molecular flexibility index (Phi) is 8.05. The SMILES string of the molecule is CN(CCN(C)[C@@H](CC(=O)O)C(=O)O)[C@@H](CC(=O)O)C(=O)O. The molecule has 0 aromatic heterocycles. The van der Waals surface area contributed by atoms with Gasteiger partial charge in [-0.15, -0.1) is 0 Å². The molecule has 22 heavy (non-hydrogen) atoms. The van der Waals surface area contributed by atoms with Crippen molar-refractivity contribution < 1.29 is 39.6 Å². The van der Waals surface area contributed by atoms with Gasteiger partial charge in [0.2, 0.25) is 0 Å². The summed E-state index contributed by atoms with van der Waals surface area (Å²) in [4.78, 5) is 45.8. The Morgan fingerprint density at radius 3 is 1.18 bits per heavy atom. The number of aliphatic carboxylic acids is 4. The second-order valence-electron chi connectivity index (χ2n) is 4.87. The van der Waals surface area contributed by atoms with E-state index in [9.17, 15) is 19.2 Å². The number of carboxylic acid groups (broad SMARTS) is 4. The number of likely N-dealkylation sites (N-methyl/N-ethyl adjacent to an activating group) is 2. The van der Waals surface area contributed by atoms with Gasteiger partial charge in [-0.3, -0.25) is 29.0 Å². The average molecular weight is 320 g/mol. The van der Waals surface area contributed by atoms with E-state index in [1.54, 1.807) is 0 Å². The third-order valence-electron chi connectivity index (χ3n) is 3.18. The second-order valence-corrected chi connectivity index (χ2v) is 4.87. The number of hydrogen-bond donors (Lipinski definition) is 4. The van der Waals surface area contributed by atoms with Crippen LogP contribution in [0.5, 0.6) is 0 Å². The van der Waals surface area contributed by atoms with Crippen molar-refractivity contribution in [1.82, 2.24) is 9.80 Å². The third-order valence-corrected chi connectivity index (χ3v) is 3.18. The van der Waals surface area contributed by atoms with Gasteiger partial charge in [-0.25, -0.2) is 0 Å². The molecule has 0 heterocycles. The van der Waals surface area contributed by atoms with Crippen LogP contribution >= 0.6 is 0 Å². The zero-order valence-electron chi connectivity index (χ0n) is 12.3. The van der Waals surface area contributed by atoms with Crippen LogP contribution in [0.4, 0.5) is 0 Å². The normalized spacial score (nSPS) is 13.8. The van der Waals surface area contributed by atoms with Crippen molar-refractivity contribution in [3.63, 3.8) is 0 Å². The lowest BCUT2D eigenvalue weighted by Crippen LogP contribution is -2.47. The summed E-state index contributed by atoms with van der Waals surface area (Å²) in [5, 5.41) is 35.3. The predicted octanol–water partition coefficient (Wildman–Crippen LogP) is -1.29. The van der Waals surface area contributed by atoms with Gasteiger partial charge in [0.25, 0.3) is 0 Å². The van der Waals surface area contributed by atoms with Gasteiger partial charge in [0, 0.05) is 13.1 Å². The van der Waals surface area contributed by atoms with Crippen molar-refractivity contribution in [2.45, 2.75) is 24.9 Å². The first kappa shape index (κ1) is 19.8. The van der Waals surface area contributed by atoms with E-state index in [1.807, 2.05) is 0 Å². The van der Waals surface area contributed by atoms with E-state index in [2.05, 4.69) is 0 Å². The van der Waals surface area contributed by atoms with E-state index >= 15 is 0 Å². The van der Waals surface area contributed by atoms with E-state index in [0.717, 1.165) is 0 Å². The zero-order chi connectivity index (χ0) is 17.4. The minimum Gasteiger partial charge on any atom is -0.481 e. The molecule has 10 heteroatoms. The number of carbonyl (C=O) groups is 4. The van der Waals surface area contributed by atoms with Gasteiger partial charge < -0.3 is 20.4 Å². The highest BCUT2D eigenvalue weighted by Crippen LogP contribution is 2.06. The summed E-state index contributed by atoms with van der Waals surface area (Å²) in [5.74, 6) is -5.12. The van der Waals surface area contributed by atoms with Crippen LogP contribution in [-0.2, 0) is 19.2 Å². The lowest BCUT2D eigenvalue weighted by Gasteiger charge is -2.28. The Hall–Kier alpha value is -2.20. The average Bonchev–Trinajstić information content (AvgIpc) is 2.38. The molecule has 0 fully saturated rings. The highest BCUT2D eigenvalue weighted by Gasteiger charge is 2.28. The van der Waals surface area contributed by atoms with E-state index in [1.165, 1.54) is 23.9 Å². The molecule has 0 bridgehead atoms. The van der Waals surface area contributed by atoms with Gasteiger partial charge >= 0.3 is 23.9 Å². The molecule has 126 valence electrons. The summed E-state index contributed by atoms with van der Waals surface area (Å²) < 4.78 is 0. The molecule has 0 unspecified atom stereocenters. The van der Waals surface area contributed by atoms with Crippen molar-refractivity contribution in [2.24, 2.45) is 0 Å². The Morgan fingerprint density at radius 1 is 0.727 bits per heavy atom. The lowest BCUT2D eigenvalue weighted by atomic mass is 10.1. The van der Waals surface area contributed by atoms with Gasteiger partial charge in [-0.2, -0.15) is 0 Å². The van der Waals surface area contributed by atoms with Crippen molar-refractivity contribution in [1.29, 1.82) is 0 Å². The number of carboxylic acids is 4. The fraction of sp³-hybridized carbons (Fsp3) is 0.667. The van der Waals surface area contributed by atoms with Crippen LogP contribution in [0, 0.1) is 0 Å². The van der Waals surface area contributed by atoms with Crippen LogP contribution in [0.25, 0.3) is 0 Å². The molecule has 0 saturated carbocycles. The highest BCUT2D eigenvalue weighted by atomic mass is 16.4. The zero-order valence-corrected chi connectivity index (χ0v) is 12.3. The van der Waals surface area contributed by atoms with Crippen LogP contribution in [0.15, 0.2) is 0 Å². The summed E-state index contributed by atoms with van der Waals surface area (Å²) in [6.07, 6.45) is -1.18. The minimum absolute atomic E-state index is 0.0736. The lowest BCUT2D eigenvalue weighted by molar-refractivity contribution is -0.150. The van der Waals surface area contributed by atoms with Crippen LogP contribution in [0.2, 0.25) is 0 Å². The van der Waals surface area contributed by atoms with Crippen molar-refractivity contribution in [2.75, 3.05) is 27.2 Å². The smallest absolute Gasteiger partial charge is 0.321 e. The van der Waals surface area contributed by atoms with E-state index in [0.29, 0.717) is 0 Å². The summed E-state index contributed by atoms with van der Waals surface area (Å²) in [6.45, 7) is 0.147. The first-order chi connectivity index (χ1) is 10.1. The Labute approximate surface area is 126 Å². The molecule has 0 saturated heterocycles. The van der Waals surface area contributed by atoms with Gasteiger partial charge in [-0.05, 0) is 14.1 Å². The standard InChI is InChI=1S/C12H20N2O8/c1-13(7(11(19)20)5-9(15)16)3-4-14(2)8(12(21)22)6-10(17)18/h7-8H,3-6H2,1-2H3,(H,15,16)(H,17,18)(H,19,20)(H,21,22)/t7-,8-/m0/s1. The summed E-state index contributed by atoms with van der Waals surface area (Å²) in [6, 6.07) is -2.48. The van der Waals surface area contributed by atoms with Crippen LogP contribution in [-0.4, -0.2) is 93.4 Å². The monoisotopic (exact) mass is 320 g/mol. The quantitative estimate of drug-likeness (QED) is 0.361. The van der Waals surface area contributed by atoms with Gasteiger partial charge in [0.15, 0.2) is 0 Å². The molecule has 0 rings (SSSR count). The molecule has 0 aliphatic rings. The maximum atomic E-state index is 11.0. The maximum absolute atomic E-state index is 11.0. The molecule has 0 aliphatic carbocycles. The number of rotatable bonds is 11. The number of hydrogen-bond acceptors (Lipinski definition) is 6. The van der Waals surface area contributed by atoms with E-state index in [4.69, 9.17) is 20.4 Å². The van der Waals surface area contributed by atoms with Crippen LogP contribution in [0.3, 0.4) is 0 Å². The molecule has 0 aromatic carbocycles. The van der Waals surface area contributed by atoms with Gasteiger partial charge in [0.05, 0.1) is 12.8 Å². The highest BCUT2D eigenvalue weighted by molar-refractivity contribution is 5.81. The molecule has 0 spiro atoms. The molecule has 0 radical (unpaired) electrons. The Bertz CT molecular complexity index is 399. The number of nitrogens with zero attached hydrogens (tertiary/aromatic N) is 2. The molecule has 0 aliphatic heterocycles. The Balaban J connectivity index is 4.67. The van der Waals surface area contributed by atoms with Crippen LogP contribution in [0.1, 0.15) is 12.8 Å². The van der Waals surface area contributed by atoms with Crippen molar-refractivity contribution >= 4 is 23.9 Å². The fourth-order valence-electron chi connectivity index (χ4n) is 1.82. The van der Waals surface area contributed by atoms with Crippen molar-refractivity contribution in [3.8, 4) is 0 Å². The molecule has 4 N–H and O–H groups in total. The topological polar surface area (TPSA) is 156 Å². The largest absolute Gasteiger partial charge is 0.481 e. The fourth-order valence-corrected chi connectivity index (χ4v) is 1.82. The van der Waals surface area contributed by atoms with Crippen molar-refractivity contribution in [3.05, 3.63) is 0 Å². The molecule has 0 aromatic rings. The first-order valence-electron chi connectivity index (χ1n) is 6.36. The molecule has 0 amide bonds. The summed E-state index contributed by atoms with van der Waals surface area (Å²) >= 11 is 0. The molecular weight excluding hydrogens is 300 g/mol.